The third-order valence-corrected chi connectivity index (χ3v) is 3.59. The minimum atomic E-state index is -5.15. The Morgan fingerprint density at radius 3 is 2.43 bits per heavy atom. The Morgan fingerprint density at radius 2 is 2.00 bits per heavy atom. The summed E-state index contributed by atoms with van der Waals surface area (Å²) < 4.78 is 77.2. The highest BCUT2D eigenvalue weighted by molar-refractivity contribution is 7.85. The first kappa shape index (κ1) is 19.3. The van der Waals surface area contributed by atoms with Crippen LogP contribution < -0.4 is 4.74 Å². The summed E-state index contributed by atoms with van der Waals surface area (Å²) in [7, 11) is -1.93. The van der Waals surface area contributed by atoms with Crippen molar-refractivity contribution in [2.75, 3.05) is 12.9 Å². The van der Waals surface area contributed by atoms with Crippen LogP contribution in [-0.4, -0.2) is 51.9 Å². The molecule has 0 aliphatic rings. The highest BCUT2D eigenvalue weighted by Gasteiger charge is 2.45. The highest BCUT2D eigenvalue weighted by Crippen LogP contribution is 2.27. The number of benzene rings is 1. The van der Waals surface area contributed by atoms with Crippen LogP contribution in [0.5, 0.6) is 5.75 Å². The van der Waals surface area contributed by atoms with Gasteiger partial charge in [0, 0.05) is 0 Å². The largest absolute Gasteiger partial charge is 0.496 e. The molecule has 0 radical (unpaired) electrons. The van der Waals surface area contributed by atoms with Gasteiger partial charge >= 0.3 is 12.1 Å². The quantitative estimate of drug-likeness (QED) is 0.462. The Hall–Kier alpha value is -1.75. The molecule has 1 aromatic carbocycles. The molecule has 0 fully saturated rings. The van der Waals surface area contributed by atoms with E-state index in [-0.39, 0.29) is 11.3 Å². The van der Waals surface area contributed by atoms with Crippen LogP contribution in [0.1, 0.15) is 15.9 Å². The van der Waals surface area contributed by atoms with Gasteiger partial charge in [0.05, 0.1) is 7.11 Å². The molecule has 1 aromatic rings. The monoisotopic (exact) mass is 354 g/mol. The van der Waals surface area contributed by atoms with Gasteiger partial charge in [-0.05, 0) is 12.1 Å². The van der Waals surface area contributed by atoms with Gasteiger partial charge in [0.25, 0.3) is 10.1 Å². The van der Waals surface area contributed by atoms with Crippen LogP contribution in [0.3, 0.4) is 0 Å². The van der Waals surface area contributed by atoms with E-state index in [9.17, 15) is 26.4 Å². The molecule has 0 amide bonds. The molecule has 0 saturated heterocycles. The van der Waals surface area contributed by atoms with E-state index >= 15 is 0 Å². The van der Waals surface area contributed by atoms with Crippen molar-refractivity contribution in [1.82, 2.24) is 0 Å². The first-order chi connectivity index (χ1) is 10.5. The van der Waals surface area contributed by atoms with E-state index in [1.165, 1.54) is 25.3 Å². The van der Waals surface area contributed by atoms with Crippen LogP contribution >= 0.6 is 0 Å². The summed E-state index contributed by atoms with van der Waals surface area (Å²) >= 11 is 0. The summed E-state index contributed by atoms with van der Waals surface area (Å²) in [6.07, 6.45) is -7.53. The number of methoxy groups -OCH3 is 1. The van der Waals surface area contributed by atoms with Crippen molar-refractivity contribution >= 4 is 23.9 Å². The molecule has 0 aliphatic carbocycles. The van der Waals surface area contributed by atoms with E-state index in [2.05, 4.69) is 4.74 Å². The number of esters is 1. The number of rotatable bonds is 6. The fourth-order valence-electron chi connectivity index (χ4n) is 1.70. The lowest BCUT2D eigenvalue weighted by molar-refractivity contribution is -0.197. The summed E-state index contributed by atoms with van der Waals surface area (Å²) in [5, 5.41) is 0. The van der Waals surface area contributed by atoms with E-state index in [0.717, 1.165) is 5.56 Å². The fraction of sp³-hybridized carbons (Fsp3) is 0.417. The second-order valence-corrected chi connectivity index (χ2v) is 6.07. The van der Waals surface area contributed by atoms with Crippen LogP contribution in [0.15, 0.2) is 18.2 Å². The van der Waals surface area contributed by atoms with Gasteiger partial charge in [-0.15, -0.1) is 0 Å². The first-order valence-corrected chi connectivity index (χ1v) is 7.98. The number of carbonyl (C=O) groups is 1. The van der Waals surface area contributed by atoms with Gasteiger partial charge in [0.1, 0.15) is 24.9 Å². The third kappa shape index (κ3) is 5.75. The van der Waals surface area contributed by atoms with Gasteiger partial charge in [-0.1, -0.05) is 17.9 Å². The second-order valence-electron chi connectivity index (χ2n) is 4.57. The zero-order valence-corrected chi connectivity index (χ0v) is 13.1. The number of ether oxygens (including phenoxy) is 2. The van der Waals surface area contributed by atoms with Crippen molar-refractivity contribution in [1.29, 1.82) is 0 Å². The minimum Gasteiger partial charge on any atom is -0.496 e. The van der Waals surface area contributed by atoms with Crippen molar-refractivity contribution in [3.63, 3.8) is 0 Å². The van der Waals surface area contributed by atoms with Crippen LogP contribution in [-0.2, 0) is 21.2 Å². The van der Waals surface area contributed by atoms with Gasteiger partial charge in [-0.3, -0.25) is 4.55 Å². The Balaban J connectivity index is 3.08. The summed E-state index contributed by atoms with van der Waals surface area (Å²) in [5.74, 6) is -3.19. The Morgan fingerprint density at radius 1 is 1.39 bits per heavy atom. The normalized spacial score (nSPS) is 13.4. The first-order valence-electron chi connectivity index (χ1n) is 6.37. The topological polar surface area (TPSA) is 89.9 Å². The van der Waals surface area contributed by atoms with Gasteiger partial charge in [-0.2, -0.15) is 21.6 Å². The van der Waals surface area contributed by atoms with Gasteiger partial charge in [0.2, 0.25) is 6.10 Å². The molecule has 0 aromatic heterocycles. The van der Waals surface area contributed by atoms with Crippen molar-refractivity contribution in [3.8, 4) is 5.75 Å². The van der Waals surface area contributed by atoms with E-state index in [1.54, 1.807) is 0 Å². The molecule has 0 spiro atoms. The Kier molecular flexibility index (Phi) is 6.06. The maximum absolute atomic E-state index is 12.7. The standard InChI is InChI=1S/C12H14BF3O6S/c1-21-9-4-7(5-13)2-3-8(9)11(17)22-10(12(14,15)16)6-23(18,19)20/h2-4,10H,5-6,13H2,1H3,(H,18,19,20). The van der Waals surface area contributed by atoms with Crippen molar-refractivity contribution in [3.05, 3.63) is 29.3 Å². The molecule has 0 heterocycles. The minimum absolute atomic E-state index is 0.00197. The van der Waals surface area contributed by atoms with Gasteiger partial charge in [0.15, 0.2) is 0 Å². The number of hydrogen-bond acceptors (Lipinski definition) is 5. The summed E-state index contributed by atoms with van der Waals surface area (Å²) in [6.45, 7) is 0. The molecule has 11 heteroatoms. The maximum atomic E-state index is 12.7. The van der Waals surface area contributed by atoms with Crippen LogP contribution in [0.4, 0.5) is 13.2 Å². The lowest BCUT2D eigenvalue weighted by Crippen LogP contribution is -2.39. The van der Waals surface area contributed by atoms with Gasteiger partial charge < -0.3 is 9.47 Å². The molecule has 1 N–H and O–H groups in total. The lowest BCUT2D eigenvalue weighted by Gasteiger charge is -2.20. The number of hydrogen-bond donors (Lipinski definition) is 1. The summed E-state index contributed by atoms with van der Waals surface area (Å²) in [4.78, 5) is 11.9. The molecular formula is C12H14BF3O6S. The molecule has 0 saturated carbocycles. The van der Waals surface area contributed by atoms with Crippen molar-refractivity contribution in [2.24, 2.45) is 0 Å². The maximum Gasteiger partial charge on any atom is 0.426 e. The smallest absolute Gasteiger partial charge is 0.426 e. The molecule has 1 unspecified atom stereocenters. The molecule has 23 heavy (non-hydrogen) atoms. The Bertz CT molecular complexity index is 674. The van der Waals surface area contributed by atoms with Crippen LogP contribution in [0.2, 0.25) is 0 Å². The van der Waals surface area contributed by atoms with E-state index in [0.29, 0.717) is 6.32 Å². The molecule has 1 atom stereocenters. The van der Waals surface area contributed by atoms with Crippen molar-refractivity contribution in [2.45, 2.75) is 18.6 Å². The van der Waals surface area contributed by atoms with E-state index < -0.39 is 34.1 Å². The molecule has 6 nitrogen and oxygen atoms in total. The predicted octanol–water partition coefficient (Wildman–Crippen LogP) is 0.804. The lowest BCUT2D eigenvalue weighted by atomic mass is 9.96. The highest BCUT2D eigenvalue weighted by atomic mass is 32.2. The predicted molar refractivity (Wildman–Crippen MR) is 76.9 cm³/mol. The summed E-state index contributed by atoms with van der Waals surface area (Å²) in [5.41, 5.74) is 0.498. The number of alkyl halides is 3. The third-order valence-electron chi connectivity index (χ3n) is 2.87. The average Bonchev–Trinajstić information content (AvgIpc) is 2.43. The molecule has 128 valence electrons. The number of carbonyl (C=O) groups excluding carboxylic acids is 1. The molecular weight excluding hydrogens is 340 g/mol. The summed E-state index contributed by atoms with van der Waals surface area (Å²) in [6, 6.07) is 4.19. The van der Waals surface area contributed by atoms with Crippen molar-refractivity contribution < 1.29 is 40.4 Å². The molecule has 0 aliphatic heterocycles. The zero-order valence-electron chi connectivity index (χ0n) is 12.3. The fourth-order valence-corrected chi connectivity index (χ4v) is 2.34. The van der Waals surface area contributed by atoms with Crippen LogP contribution in [0, 0.1) is 0 Å². The second kappa shape index (κ2) is 7.22. The van der Waals surface area contributed by atoms with Crippen LogP contribution in [0.25, 0.3) is 0 Å². The average molecular weight is 354 g/mol. The Labute approximate surface area is 131 Å². The number of halogens is 3. The van der Waals surface area contributed by atoms with Gasteiger partial charge in [-0.25, -0.2) is 4.79 Å². The molecule has 0 bridgehead atoms. The molecule has 1 rings (SSSR count). The van der Waals surface area contributed by atoms with E-state index in [1.807, 2.05) is 7.85 Å². The SMILES string of the molecule is BCc1ccc(C(=O)OC(CS(=O)(=O)O)C(F)(F)F)c(OC)c1. The van der Waals surface area contributed by atoms with E-state index in [4.69, 9.17) is 9.29 Å². The zero-order chi connectivity index (χ0) is 17.8.